The number of hydrogen-bond acceptors (Lipinski definition) is 7. The summed E-state index contributed by atoms with van der Waals surface area (Å²) in [5, 5.41) is 16.5. The van der Waals surface area contributed by atoms with Crippen LogP contribution in [-0.2, 0) is 9.53 Å². The normalized spacial score (nSPS) is 18.2. The summed E-state index contributed by atoms with van der Waals surface area (Å²) in [5.74, 6) is 2.73. The van der Waals surface area contributed by atoms with Crippen LogP contribution in [0.25, 0.3) is 5.82 Å². The van der Waals surface area contributed by atoms with Gasteiger partial charge >= 0.3 is 0 Å². The molecule has 1 N–H and O–H groups in total. The molecule has 3 aromatic rings. The number of nitrogens with zero attached hydrogens (tertiary/aromatic N) is 5. The fourth-order valence-electron chi connectivity index (χ4n) is 4.35. The lowest BCUT2D eigenvalue weighted by Gasteiger charge is -2.27. The van der Waals surface area contributed by atoms with Gasteiger partial charge in [0.2, 0.25) is 5.91 Å². The van der Waals surface area contributed by atoms with Crippen LogP contribution in [0.15, 0.2) is 36.4 Å². The largest absolute Gasteiger partial charge is 0.494 e. The first kappa shape index (κ1) is 20.4. The van der Waals surface area contributed by atoms with Gasteiger partial charge in [-0.2, -0.15) is 9.78 Å². The minimum atomic E-state index is -0.0799. The summed E-state index contributed by atoms with van der Waals surface area (Å²) in [6.45, 7) is 7.51. The summed E-state index contributed by atoms with van der Waals surface area (Å²) in [6.07, 6.45) is 0.370. The molecule has 5 rings (SSSR count). The summed E-state index contributed by atoms with van der Waals surface area (Å²) < 4.78 is 12.6. The molecule has 9 heteroatoms. The number of hydrogen-bond donors (Lipinski definition) is 1. The second-order valence-corrected chi connectivity index (χ2v) is 7.92. The number of carbonyl (C=O) groups excluding carboxylic acids is 1. The number of benzene rings is 1. The number of rotatable bonds is 5. The first-order chi connectivity index (χ1) is 15.6. The first-order valence-corrected chi connectivity index (χ1v) is 10.9. The lowest BCUT2D eigenvalue weighted by atomic mass is 9.86. The zero-order chi connectivity index (χ0) is 22.1. The second kappa shape index (κ2) is 8.58. The standard InChI is InChI=1S/C23H26N6O3/c1-3-32-17-6-4-16(5-7-17)18-14-21(30)24-23-22(18)15(2)27-29(23)20-9-8-19(25-26-20)28-10-12-31-13-11-28/h4-9,18H,3,10-14H2,1-2H3,(H,24,30). The summed E-state index contributed by atoms with van der Waals surface area (Å²) >= 11 is 0. The molecule has 1 fully saturated rings. The number of aryl methyl sites for hydroxylation is 1. The van der Waals surface area contributed by atoms with E-state index in [2.05, 4.69) is 20.4 Å². The molecule has 1 amide bonds. The van der Waals surface area contributed by atoms with Crippen molar-refractivity contribution in [2.75, 3.05) is 43.1 Å². The maximum absolute atomic E-state index is 12.6. The van der Waals surface area contributed by atoms with Crippen LogP contribution in [0.1, 0.15) is 36.1 Å². The topological polar surface area (TPSA) is 94.4 Å². The molecule has 4 heterocycles. The molecule has 0 bridgehead atoms. The van der Waals surface area contributed by atoms with Crippen molar-refractivity contribution in [2.24, 2.45) is 0 Å². The van der Waals surface area contributed by atoms with E-state index in [1.165, 1.54) is 0 Å². The van der Waals surface area contributed by atoms with E-state index >= 15 is 0 Å². The van der Waals surface area contributed by atoms with Gasteiger partial charge in [0, 0.05) is 31.0 Å². The van der Waals surface area contributed by atoms with Crippen LogP contribution in [0, 0.1) is 6.92 Å². The average molecular weight is 435 g/mol. The minimum Gasteiger partial charge on any atom is -0.494 e. The Morgan fingerprint density at radius 2 is 1.81 bits per heavy atom. The fraction of sp³-hybridized carbons (Fsp3) is 0.391. The molecule has 32 heavy (non-hydrogen) atoms. The highest BCUT2D eigenvalue weighted by Gasteiger charge is 2.33. The van der Waals surface area contributed by atoms with Gasteiger partial charge in [-0.3, -0.25) is 4.79 Å². The predicted octanol–water partition coefficient (Wildman–Crippen LogP) is 2.68. The zero-order valence-corrected chi connectivity index (χ0v) is 18.2. The van der Waals surface area contributed by atoms with Crippen molar-refractivity contribution in [3.63, 3.8) is 0 Å². The lowest BCUT2D eigenvalue weighted by molar-refractivity contribution is -0.116. The molecular formula is C23H26N6O3. The Bertz CT molecular complexity index is 1100. The van der Waals surface area contributed by atoms with E-state index in [9.17, 15) is 4.79 Å². The number of carbonyl (C=O) groups is 1. The lowest BCUT2D eigenvalue weighted by Crippen LogP contribution is -2.36. The molecule has 1 unspecified atom stereocenters. The third-order valence-electron chi connectivity index (χ3n) is 5.88. The average Bonchev–Trinajstić information content (AvgIpc) is 3.16. The molecule has 1 aromatic carbocycles. The van der Waals surface area contributed by atoms with E-state index in [-0.39, 0.29) is 11.8 Å². The van der Waals surface area contributed by atoms with Gasteiger partial charge in [-0.1, -0.05) is 12.1 Å². The predicted molar refractivity (Wildman–Crippen MR) is 120 cm³/mol. The number of aromatic nitrogens is 4. The van der Waals surface area contributed by atoms with E-state index in [1.54, 1.807) is 4.68 Å². The van der Waals surface area contributed by atoms with Gasteiger partial charge in [0.05, 0.1) is 25.5 Å². The van der Waals surface area contributed by atoms with E-state index in [1.807, 2.05) is 50.2 Å². The van der Waals surface area contributed by atoms with E-state index in [4.69, 9.17) is 14.6 Å². The van der Waals surface area contributed by atoms with E-state index in [0.29, 0.717) is 37.9 Å². The Morgan fingerprint density at radius 1 is 1.09 bits per heavy atom. The third-order valence-corrected chi connectivity index (χ3v) is 5.88. The van der Waals surface area contributed by atoms with Crippen LogP contribution in [0.2, 0.25) is 0 Å². The number of amides is 1. The van der Waals surface area contributed by atoms with Crippen molar-refractivity contribution >= 4 is 17.5 Å². The van der Waals surface area contributed by atoms with Gasteiger partial charge in [0.15, 0.2) is 11.6 Å². The second-order valence-electron chi connectivity index (χ2n) is 7.92. The molecule has 9 nitrogen and oxygen atoms in total. The molecule has 0 saturated carbocycles. The Labute approximate surface area is 186 Å². The Morgan fingerprint density at radius 3 is 2.50 bits per heavy atom. The summed E-state index contributed by atoms with van der Waals surface area (Å²) in [6, 6.07) is 11.8. The van der Waals surface area contributed by atoms with Gasteiger partial charge in [-0.05, 0) is 43.7 Å². The van der Waals surface area contributed by atoms with Crippen LogP contribution in [0.5, 0.6) is 5.75 Å². The highest BCUT2D eigenvalue weighted by Crippen LogP contribution is 2.40. The molecular weight excluding hydrogens is 408 g/mol. The molecule has 2 aliphatic rings. The van der Waals surface area contributed by atoms with Gasteiger partial charge in [-0.25, -0.2) is 0 Å². The van der Waals surface area contributed by atoms with Crippen molar-refractivity contribution in [2.45, 2.75) is 26.2 Å². The molecule has 0 spiro atoms. The van der Waals surface area contributed by atoms with Crippen molar-refractivity contribution < 1.29 is 14.3 Å². The maximum Gasteiger partial charge on any atom is 0.226 e. The number of anilines is 2. The van der Waals surface area contributed by atoms with Crippen LogP contribution in [0.3, 0.4) is 0 Å². The summed E-state index contributed by atoms with van der Waals surface area (Å²) in [5.41, 5.74) is 2.92. The number of nitrogens with one attached hydrogen (secondary N) is 1. The number of morpholine rings is 1. The number of ether oxygens (including phenoxy) is 2. The molecule has 2 aliphatic heterocycles. The maximum atomic E-state index is 12.6. The number of fused-ring (bicyclic) bond motifs is 1. The molecule has 0 radical (unpaired) electrons. The molecule has 1 saturated heterocycles. The van der Waals surface area contributed by atoms with Crippen LogP contribution >= 0.6 is 0 Å². The Hall–Kier alpha value is -3.46. The Kier molecular flexibility index (Phi) is 5.48. The summed E-state index contributed by atoms with van der Waals surface area (Å²) in [4.78, 5) is 14.7. The van der Waals surface area contributed by atoms with E-state index in [0.717, 1.165) is 41.5 Å². The molecule has 1 atom stereocenters. The monoisotopic (exact) mass is 434 g/mol. The van der Waals surface area contributed by atoms with Gasteiger partial charge in [0.1, 0.15) is 11.6 Å². The fourth-order valence-corrected chi connectivity index (χ4v) is 4.35. The van der Waals surface area contributed by atoms with Crippen molar-refractivity contribution in [3.05, 3.63) is 53.2 Å². The van der Waals surface area contributed by atoms with Crippen LogP contribution in [0.4, 0.5) is 11.6 Å². The van der Waals surface area contributed by atoms with Crippen molar-refractivity contribution in [3.8, 4) is 11.6 Å². The van der Waals surface area contributed by atoms with Gasteiger partial charge < -0.3 is 19.7 Å². The summed E-state index contributed by atoms with van der Waals surface area (Å²) in [7, 11) is 0. The van der Waals surface area contributed by atoms with Crippen LogP contribution < -0.4 is 15.0 Å². The van der Waals surface area contributed by atoms with Crippen molar-refractivity contribution in [1.82, 2.24) is 20.0 Å². The SMILES string of the molecule is CCOc1ccc(C2CC(=O)Nc3c2c(C)nn3-c2ccc(N3CCOCC3)nn2)cc1. The van der Waals surface area contributed by atoms with Crippen LogP contribution in [-0.4, -0.2) is 58.8 Å². The third kappa shape index (κ3) is 3.80. The first-order valence-electron chi connectivity index (χ1n) is 10.9. The highest BCUT2D eigenvalue weighted by molar-refractivity contribution is 5.95. The van der Waals surface area contributed by atoms with Gasteiger partial charge in [-0.15, -0.1) is 10.2 Å². The highest BCUT2D eigenvalue weighted by atomic mass is 16.5. The zero-order valence-electron chi connectivity index (χ0n) is 18.2. The molecule has 166 valence electrons. The minimum absolute atomic E-state index is 0.0459. The quantitative estimate of drug-likeness (QED) is 0.660. The molecule has 2 aromatic heterocycles. The van der Waals surface area contributed by atoms with Gasteiger partial charge in [0.25, 0.3) is 0 Å². The Balaban J connectivity index is 1.47. The van der Waals surface area contributed by atoms with E-state index < -0.39 is 0 Å². The smallest absolute Gasteiger partial charge is 0.226 e. The molecule has 0 aliphatic carbocycles. The van der Waals surface area contributed by atoms with Crippen molar-refractivity contribution in [1.29, 1.82) is 0 Å².